The summed E-state index contributed by atoms with van der Waals surface area (Å²) in [6.07, 6.45) is 1.45. The monoisotopic (exact) mass is 244 g/mol. The van der Waals surface area contributed by atoms with Gasteiger partial charge in [0.15, 0.2) is 9.84 Å². The van der Waals surface area contributed by atoms with E-state index in [1.54, 1.807) is 6.92 Å². The van der Waals surface area contributed by atoms with E-state index in [1.807, 2.05) is 0 Å². The molecular weight excluding hydrogens is 228 g/mol. The highest BCUT2D eigenvalue weighted by Gasteiger charge is 2.23. The predicted octanol–water partition coefficient (Wildman–Crippen LogP) is 0.633. The molecule has 90 valence electrons. The lowest BCUT2D eigenvalue weighted by molar-refractivity contribution is 0.583. The molecule has 0 aliphatic heterocycles. The molecule has 0 aliphatic carbocycles. The third-order valence-corrected chi connectivity index (χ3v) is 4.49. The Hall–Kier alpha value is -1.30. The molecule has 0 saturated carbocycles. The molecule has 0 fully saturated rings. The molecule has 0 saturated heterocycles. The van der Waals surface area contributed by atoms with Crippen molar-refractivity contribution < 1.29 is 8.42 Å². The van der Waals surface area contributed by atoms with Crippen molar-refractivity contribution in [3.8, 4) is 0 Å². The van der Waals surface area contributed by atoms with Gasteiger partial charge in [0, 0.05) is 18.4 Å². The normalized spacial score (nSPS) is 12.0. The molecule has 0 spiro atoms. The molecule has 5 nitrogen and oxygen atoms in total. The summed E-state index contributed by atoms with van der Waals surface area (Å²) in [5, 5.41) is -0.632. The highest BCUT2D eigenvalue weighted by Crippen LogP contribution is 2.14. The number of anilines is 1. The number of aromatic nitrogens is 1. The molecule has 0 aliphatic rings. The van der Waals surface area contributed by atoms with Crippen LogP contribution in [0.4, 0.5) is 5.69 Å². The summed E-state index contributed by atoms with van der Waals surface area (Å²) in [5.41, 5.74) is 5.35. The van der Waals surface area contributed by atoms with Gasteiger partial charge in [0.2, 0.25) is 0 Å². The zero-order valence-electron chi connectivity index (χ0n) is 9.60. The maximum absolute atomic E-state index is 11.9. The van der Waals surface area contributed by atoms with Gasteiger partial charge in [0.05, 0.1) is 5.25 Å². The van der Waals surface area contributed by atoms with Gasteiger partial charge >= 0.3 is 0 Å². The molecule has 0 aromatic carbocycles. The van der Waals surface area contributed by atoms with E-state index in [0.29, 0.717) is 6.54 Å². The van der Waals surface area contributed by atoms with Crippen LogP contribution >= 0.6 is 0 Å². The van der Waals surface area contributed by atoms with E-state index in [1.165, 1.54) is 30.7 Å². The molecule has 6 heteroatoms. The number of hydrogen-bond acceptors (Lipinski definition) is 4. The number of hydrogen-bond donors (Lipinski definition) is 1. The first kappa shape index (κ1) is 12.8. The highest BCUT2D eigenvalue weighted by atomic mass is 32.2. The van der Waals surface area contributed by atoms with Crippen LogP contribution in [0.15, 0.2) is 22.0 Å². The fourth-order valence-electron chi connectivity index (χ4n) is 1.32. The second kappa shape index (κ2) is 4.29. The minimum absolute atomic E-state index is 0.218. The van der Waals surface area contributed by atoms with Crippen molar-refractivity contribution in [2.24, 2.45) is 0 Å². The van der Waals surface area contributed by atoms with Crippen LogP contribution in [0.25, 0.3) is 0 Å². The fourth-order valence-corrected chi connectivity index (χ4v) is 2.49. The van der Waals surface area contributed by atoms with Crippen LogP contribution in [0.5, 0.6) is 0 Å². The summed E-state index contributed by atoms with van der Waals surface area (Å²) in [6.45, 7) is 5.22. The molecule has 1 aromatic heterocycles. The van der Waals surface area contributed by atoms with Crippen molar-refractivity contribution >= 4 is 15.5 Å². The van der Waals surface area contributed by atoms with Crippen LogP contribution in [0, 0.1) is 0 Å². The standard InChI is InChI=1S/C10H16N2O3S/c1-4-12-6-8(11)5-9(10(12)13)16(14,15)7(2)3/h5-7H,4,11H2,1-3H3. The molecule has 0 unspecified atom stereocenters. The maximum Gasteiger partial charge on any atom is 0.269 e. The number of nitrogen functional groups attached to an aromatic ring is 1. The zero-order valence-corrected chi connectivity index (χ0v) is 10.4. The third-order valence-electron chi connectivity index (χ3n) is 2.34. The minimum atomic E-state index is -3.58. The van der Waals surface area contributed by atoms with Gasteiger partial charge in [-0.25, -0.2) is 8.42 Å². The molecule has 1 rings (SSSR count). The van der Waals surface area contributed by atoms with Crippen molar-refractivity contribution in [2.75, 3.05) is 5.73 Å². The van der Waals surface area contributed by atoms with Crippen LogP contribution in [0.3, 0.4) is 0 Å². The molecule has 1 aromatic rings. The van der Waals surface area contributed by atoms with Crippen LogP contribution in [0.1, 0.15) is 20.8 Å². The SMILES string of the molecule is CCn1cc(N)cc(S(=O)(=O)C(C)C)c1=O. The number of rotatable bonds is 3. The van der Waals surface area contributed by atoms with Crippen LogP contribution in [0.2, 0.25) is 0 Å². The van der Waals surface area contributed by atoms with Crippen molar-refractivity contribution in [3.05, 3.63) is 22.6 Å². The lowest BCUT2D eigenvalue weighted by Gasteiger charge is -2.10. The second-order valence-corrected chi connectivity index (χ2v) is 6.30. The van der Waals surface area contributed by atoms with Gasteiger partial charge in [-0.2, -0.15) is 0 Å². The van der Waals surface area contributed by atoms with E-state index in [9.17, 15) is 13.2 Å². The van der Waals surface area contributed by atoms with Crippen LogP contribution in [-0.2, 0) is 16.4 Å². The predicted molar refractivity (Wildman–Crippen MR) is 63.1 cm³/mol. The van der Waals surface area contributed by atoms with Crippen molar-refractivity contribution in [1.29, 1.82) is 0 Å². The molecule has 0 amide bonds. The zero-order chi connectivity index (χ0) is 12.5. The van der Waals surface area contributed by atoms with Gasteiger partial charge < -0.3 is 10.3 Å². The van der Waals surface area contributed by atoms with E-state index in [0.717, 1.165) is 0 Å². The number of pyridine rings is 1. The van der Waals surface area contributed by atoms with Gasteiger partial charge in [-0.15, -0.1) is 0 Å². The first-order valence-corrected chi connectivity index (χ1v) is 6.59. The largest absolute Gasteiger partial charge is 0.398 e. The average Bonchev–Trinajstić information content (AvgIpc) is 2.20. The summed E-state index contributed by atoms with van der Waals surface area (Å²) in [7, 11) is -3.58. The second-order valence-electron chi connectivity index (χ2n) is 3.82. The van der Waals surface area contributed by atoms with E-state index in [-0.39, 0.29) is 10.6 Å². The van der Waals surface area contributed by atoms with Crippen molar-refractivity contribution in [1.82, 2.24) is 4.57 Å². The average molecular weight is 244 g/mol. The van der Waals surface area contributed by atoms with Crippen molar-refractivity contribution in [3.63, 3.8) is 0 Å². The third kappa shape index (κ3) is 2.11. The lowest BCUT2D eigenvalue weighted by atomic mass is 10.4. The van der Waals surface area contributed by atoms with Crippen LogP contribution < -0.4 is 11.3 Å². The van der Waals surface area contributed by atoms with Gasteiger partial charge in [-0.3, -0.25) is 4.79 Å². The quantitative estimate of drug-likeness (QED) is 0.845. The molecule has 2 N–H and O–H groups in total. The number of aryl methyl sites for hydroxylation is 1. The summed E-state index contributed by atoms with van der Waals surface area (Å²) in [6, 6.07) is 1.23. The highest BCUT2D eigenvalue weighted by molar-refractivity contribution is 7.92. The molecular formula is C10H16N2O3S. The van der Waals surface area contributed by atoms with Crippen LogP contribution in [-0.4, -0.2) is 18.2 Å². The number of nitrogens with two attached hydrogens (primary N) is 1. The topological polar surface area (TPSA) is 82.2 Å². The summed E-state index contributed by atoms with van der Waals surface area (Å²) < 4.78 is 25.1. The molecule has 16 heavy (non-hydrogen) atoms. The summed E-state index contributed by atoms with van der Waals surface area (Å²) in [4.78, 5) is 11.6. The lowest BCUT2D eigenvalue weighted by Crippen LogP contribution is -2.28. The Kier molecular flexibility index (Phi) is 3.42. The Labute approximate surface area is 94.8 Å². The molecule has 0 atom stereocenters. The van der Waals surface area contributed by atoms with E-state index in [4.69, 9.17) is 5.73 Å². The smallest absolute Gasteiger partial charge is 0.269 e. The van der Waals surface area contributed by atoms with Crippen molar-refractivity contribution in [2.45, 2.75) is 37.5 Å². The summed E-state index contributed by atoms with van der Waals surface area (Å²) in [5.74, 6) is 0. The Balaban J connectivity index is 3.59. The van der Waals surface area contributed by atoms with E-state index >= 15 is 0 Å². The van der Waals surface area contributed by atoms with Gasteiger partial charge in [-0.05, 0) is 26.8 Å². The number of nitrogens with zero attached hydrogens (tertiary/aromatic N) is 1. The molecule has 0 bridgehead atoms. The summed E-state index contributed by atoms with van der Waals surface area (Å²) >= 11 is 0. The van der Waals surface area contributed by atoms with Gasteiger partial charge in [-0.1, -0.05) is 0 Å². The molecule has 1 heterocycles. The first-order valence-electron chi connectivity index (χ1n) is 5.04. The van der Waals surface area contributed by atoms with Gasteiger partial charge in [0.25, 0.3) is 5.56 Å². The first-order chi connectivity index (χ1) is 7.30. The molecule has 0 radical (unpaired) electrons. The van der Waals surface area contributed by atoms with E-state index < -0.39 is 20.6 Å². The Morgan fingerprint density at radius 2 is 2.00 bits per heavy atom. The maximum atomic E-state index is 11.9. The Morgan fingerprint density at radius 1 is 1.44 bits per heavy atom. The fraction of sp³-hybridized carbons (Fsp3) is 0.500. The Bertz CT molecular complexity index is 544. The Morgan fingerprint density at radius 3 is 2.44 bits per heavy atom. The van der Waals surface area contributed by atoms with E-state index in [2.05, 4.69) is 0 Å². The minimum Gasteiger partial charge on any atom is -0.398 e. The van der Waals surface area contributed by atoms with Gasteiger partial charge in [0.1, 0.15) is 4.90 Å². The number of sulfone groups is 1.